The van der Waals surface area contributed by atoms with Gasteiger partial charge in [0.05, 0.1) is 6.61 Å². The number of esters is 1. The zero-order valence-corrected chi connectivity index (χ0v) is 11.1. The number of thiophene rings is 1. The molecule has 0 amide bonds. The number of hydrogen-bond donors (Lipinski definition) is 1. The van der Waals surface area contributed by atoms with E-state index in [1.165, 1.54) is 15.3 Å². The molecule has 0 radical (unpaired) electrons. The number of rotatable bonds is 5. The van der Waals surface area contributed by atoms with Crippen molar-refractivity contribution in [2.45, 2.75) is 40.3 Å². The van der Waals surface area contributed by atoms with E-state index in [4.69, 9.17) is 4.74 Å². The zero-order chi connectivity index (χ0) is 12.1. The fourth-order valence-corrected chi connectivity index (χ4v) is 2.42. The van der Waals surface area contributed by atoms with Gasteiger partial charge in [-0.25, -0.2) is 0 Å². The largest absolute Gasteiger partial charge is 0.465 e. The fraction of sp³-hybridized carbons (Fsp3) is 0.583. The highest BCUT2D eigenvalue weighted by molar-refractivity contribution is 7.12. The first-order chi connectivity index (χ1) is 7.54. The maximum Gasteiger partial charge on any atom is 0.322 e. The molecular weight excluding hydrogens is 222 g/mol. The normalized spacial score (nSPS) is 12.5. The van der Waals surface area contributed by atoms with Gasteiger partial charge in [0.25, 0.3) is 0 Å². The lowest BCUT2D eigenvalue weighted by atomic mass is 10.2. The van der Waals surface area contributed by atoms with Crippen LogP contribution < -0.4 is 5.32 Å². The molecule has 1 atom stereocenters. The van der Waals surface area contributed by atoms with Crippen LogP contribution in [0.2, 0.25) is 0 Å². The van der Waals surface area contributed by atoms with Crippen LogP contribution in [0.25, 0.3) is 0 Å². The van der Waals surface area contributed by atoms with E-state index < -0.39 is 0 Å². The highest BCUT2D eigenvalue weighted by Crippen LogP contribution is 2.20. The Morgan fingerprint density at radius 2 is 2.25 bits per heavy atom. The molecule has 0 aliphatic rings. The summed E-state index contributed by atoms with van der Waals surface area (Å²) in [6.07, 6.45) is 0. The van der Waals surface area contributed by atoms with E-state index in [0.29, 0.717) is 6.61 Å². The van der Waals surface area contributed by atoms with Gasteiger partial charge in [0.2, 0.25) is 0 Å². The number of hydrogen-bond acceptors (Lipinski definition) is 4. The molecule has 1 heterocycles. The molecular formula is C12H19NO2S. The molecule has 90 valence electrons. The Morgan fingerprint density at radius 3 is 2.75 bits per heavy atom. The summed E-state index contributed by atoms with van der Waals surface area (Å²) in [4.78, 5) is 14.0. The van der Waals surface area contributed by atoms with Gasteiger partial charge in [0.15, 0.2) is 0 Å². The number of aryl methyl sites for hydroxylation is 2. The standard InChI is InChI=1S/C12H19NO2S/c1-5-15-12(14)9(3)13-7-11-6-8(2)16-10(11)4/h6,9,13H,5,7H2,1-4H3. The molecule has 0 aliphatic carbocycles. The van der Waals surface area contributed by atoms with Gasteiger partial charge in [-0.3, -0.25) is 4.79 Å². The first kappa shape index (κ1) is 13.2. The molecule has 0 saturated heterocycles. The van der Waals surface area contributed by atoms with Crippen LogP contribution in [0.4, 0.5) is 0 Å². The van der Waals surface area contributed by atoms with Gasteiger partial charge in [0, 0.05) is 16.3 Å². The van der Waals surface area contributed by atoms with Crippen molar-refractivity contribution < 1.29 is 9.53 Å². The van der Waals surface area contributed by atoms with Gasteiger partial charge in [-0.05, 0) is 39.3 Å². The molecule has 0 bridgehead atoms. The summed E-state index contributed by atoms with van der Waals surface area (Å²) in [6.45, 7) is 8.99. The van der Waals surface area contributed by atoms with Crippen LogP contribution in [-0.2, 0) is 16.1 Å². The van der Waals surface area contributed by atoms with Gasteiger partial charge in [-0.2, -0.15) is 0 Å². The van der Waals surface area contributed by atoms with Crippen LogP contribution in [0.3, 0.4) is 0 Å². The Balaban J connectivity index is 2.45. The Hall–Kier alpha value is -0.870. The Bertz CT molecular complexity index is 360. The van der Waals surface area contributed by atoms with E-state index in [0.717, 1.165) is 6.54 Å². The lowest BCUT2D eigenvalue weighted by Gasteiger charge is -2.12. The van der Waals surface area contributed by atoms with Crippen LogP contribution in [-0.4, -0.2) is 18.6 Å². The summed E-state index contributed by atoms with van der Waals surface area (Å²) < 4.78 is 4.93. The summed E-state index contributed by atoms with van der Waals surface area (Å²) in [5.41, 5.74) is 1.26. The van der Waals surface area contributed by atoms with Crippen LogP contribution in [0.5, 0.6) is 0 Å². The van der Waals surface area contributed by atoms with E-state index in [2.05, 4.69) is 25.2 Å². The average molecular weight is 241 g/mol. The SMILES string of the molecule is CCOC(=O)C(C)NCc1cc(C)sc1C. The highest BCUT2D eigenvalue weighted by Gasteiger charge is 2.13. The maximum absolute atomic E-state index is 11.4. The fourth-order valence-electron chi connectivity index (χ4n) is 1.47. The molecule has 0 spiro atoms. The van der Waals surface area contributed by atoms with E-state index in [1.807, 2.05) is 13.8 Å². The molecule has 1 rings (SSSR count). The molecule has 1 unspecified atom stereocenters. The van der Waals surface area contributed by atoms with Crippen molar-refractivity contribution in [3.8, 4) is 0 Å². The highest BCUT2D eigenvalue weighted by atomic mass is 32.1. The summed E-state index contributed by atoms with van der Waals surface area (Å²) in [5.74, 6) is -0.188. The molecule has 0 saturated carbocycles. The molecule has 16 heavy (non-hydrogen) atoms. The van der Waals surface area contributed by atoms with Gasteiger partial charge in [-0.15, -0.1) is 11.3 Å². The topological polar surface area (TPSA) is 38.3 Å². The van der Waals surface area contributed by atoms with Gasteiger partial charge in [-0.1, -0.05) is 0 Å². The van der Waals surface area contributed by atoms with E-state index in [1.54, 1.807) is 11.3 Å². The van der Waals surface area contributed by atoms with E-state index in [9.17, 15) is 4.79 Å². The van der Waals surface area contributed by atoms with Crippen molar-refractivity contribution in [3.63, 3.8) is 0 Å². The molecule has 0 aromatic carbocycles. The Kier molecular flexibility index (Phi) is 4.96. The van der Waals surface area contributed by atoms with E-state index in [-0.39, 0.29) is 12.0 Å². The number of nitrogens with one attached hydrogen (secondary N) is 1. The lowest BCUT2D eigenvalue weighted by Crippen LogP contribution is -2.34. The van der Waals surface area contributed by atoms with Crippen LogP contribution in [0, 0.1) is 13.8 Å². The van der Waals surface area contributed by atoms with Gasteiger partial charge < -0.3 is 10.1 Å². The second kappa shape index (κ2) is 6.01. The minimum absolute atomic E-state index is 0.188. The first-order valence-corrected chi connectivity index (χ1v) is 6.32. The van der Waals surface area contributed by atoms with Gasteiger partial charge in [0.1, 0.15) is 6.04 Å². The third-order valence-electron chi connectivity index (χ3n) is 2.38. The van der Waals surface area contributed by atoms with Crippen molar-refractivity contribution in [1.82, 2.24) is 5.32 Å². The minimum Gasteiger partial charge on any atom is -0.465 e. The van der Waals surface area contributed by atoms with Crippen molar-refractivity contribution in [2.24, 2.45) is 0 Å². The smallest absolute Gasteiger partial charge is 0.322 e. The second-order valence-corrected chi connectivity index (χ2v) is 5.25. The number of carbonyl (C=O) groups excluding carboxylic acids is 1. The summed E-state index contributed by atoms with van der Waals surface area (Å²) in [7, 11) is 0. The van der Waals surface area contributed by atoms with Crippen molar-refractivity contribution in [2.75, 3.05) is 6.61 Å². The quantitative estimate of drug-likeness (QED) is 0.805. The molecule has 0 aliphatic heterocycles. The summed E-state index contributed by atoms with van der Waals surface area (Å²) in [6, 6.07) is 1.91. The molecule has 1 aromatic heterocycles. The third kappa shape index (κ3) is 3.61. The summed E-state index contributed by atoms with van der Waals surface area (Å²) >= 11 is 1.78. The molecule has 3 nitrogen and oxygen atoms in total. The van der Waals surface area contributed by atoms with Crippen molar-refractivity contribution in [1.29, 1.82) is 0 Å². The Morgan fingerprint density at radius 1 is 1.56 bits per heavy atom. The number of carbonyl (C=O) groups is 1. The maximum atomic E-state index is 11.4. The third-order valence-corrected chi connectivity index (χ3v) is 3.39. The second-order valence-electron chi connectivity index (χ2n) is 3.79. The van der Waals surface area contributed by atoms with Crippen molar-refractivity contribution >= 4 is 17.3 Å². The predicted molar refractivity (Wildman–Crippen MR) is 66.7 cm³/mol. The summed E-state index contributed by atoms with van der Waals surface area (Å²) in [5, 5.41) is 3.17. The molecule has 4 heteroatoms. The zero-order valence-electron chi connectivity index (χ0n) is 10.3. The van der Waals surface area contributed by atoms with Crippen molar-refractivity contribution in [3.05, 3.63) is 21.4 Å². The molecule has 1 aromatic rings. The monoisotopic (exact) mass is 241 g/mol. The van der Waals surface area contributed by atoms with E-state index >= 15 is 0 Å². The lowest BCUT2D eigenvalue weighted by molar-refractivity contribution is -0.145. The van der Waals surface area contributed by atoms with Crippen LogP contribution in [0.15, 0.2) is 6.07 Å². The average Bonchev–Trinajstić information content (AvgIpc) is 2.54. The number of ether oxygens (including phenoxy) is 1. The van der Waals surface area contributed by atoms with Gasteiger partial charge >= 0.3 is 5.97 Å². The molecule has 1 N–H and O–H groups in total. The Labute approximate surface area is 101 Å². The first-order valence-electron chi connectivity index (χ1n) is 5.50. The van der Waals surface area contributed by atoms with Crippen LogP contribution in [0.1, 0.15) is 29.2 Å². The molecule has 0 fully saturated rings. The van der Waals surface area contributed by atoms with Crippen LogP contribution >= 0.6 is 11.3 Å². The predicted octanol–water partition coefficient (Wildman–Crippen LogP) is 2.41. The minimum atomic E-state index is -0.250.